The first kappa shape index (κ1) is 12.0. The minimum Gasteiger partial charge on any atom is -0.379 e. The monoisotopic (exact) mass is 216 g/mol. The van der Waals surface area contributed by atoms with Gasteiger partial charge in [0.05, 0.1) is 5.57 Å². The van der Waals surface area contributed by atoms with E-state index in [2.05, 4.69) is 0 Å². The van der Waals surface area contributed by atoms with Gasteiger partial charge in [0.25, 0.3) is 0 Å². The van der Waals surface area contributed by atoms with Crippen molar-refractivity contribution in [2.45, 2.75) is 31.8 Å². The van der Waals surface area contributed by atoms with Gasteiger partial charge in [0.1, 0.15) is 0 Å². The van der Waals surface area contributed by atoms with Gasteiger partial charge < -0.3 is 20.4 Å². The molecule has 4 N–H and O–H groups in total. The van der Waals surface area contributed by atoms with E-state index in [0.717, 1.165) is 0 Å². The molecule has 15 heavy (non-hydrogen) atoms. The normalized spacial score (nSPS) is 30.7. The van der Waals surface area contributed by atoms with Crippen LogP contribution in [0.25, 0.3) is 0 Å². The quantitative estimate of drug-likeness (QED) is 0.209. The van der Waals surface area contributed by atoms with Gasteiger partial charge in [-0.2, -0.15) is 0 Å². The molecular weight excluding hydrogens is 204 g/mol. The molecule has 0 aromatic rings. The summed E-state index contributed by atoms with van der Waals surface area (Å²) in [6, 6.07) is 0. The molecule has 1 saturated carbocycles. The summed E-state index contributed by atoms with van der Waals surface area (Å²) < 4.78 is 0. The number of carbonyl (C=O) groups excluding carboxylic acids is 2. The van der Waals surface area contributed by atoms with E-state index in [1.54, 1.807) is 0 Å². The van der Waals surface area contributed by atoms with E-state index >= 15 is 0 Å². The van der Waals surface area contributed by atoms with Crippen LogP contribution in [0.2, 0.25) is 0 Å². The van der Waals surface area contributed by atoms with Crippen molar-refractivity contribution in [2.24, 2.45) is 0 Å². The summed E-state index contributed by atoms with van der Waals surface area (Å²) in [7, 11) is 0. The molecule has 2 atom stereocenters. The van der Waals surface area contributed by atoms with Crippen molar-refractivity contribution in [3.05, 3.63) is 11.1 Å². The van der Waals surface area contributed by atoms with Gasteiger partial charge in [0, 0.05) is 0 Å². The second-order valence-electron chi connectivity index (χ2n) is 3.69. The fourth-order valence-electron chi connectivity index (χ4n) is 1.42. The van der Waals surface area contributed by atoms with Crippen LogP contribution in [-0.2, 0) is 9.59 Å². The average molecular weight is 216 g/mol. The lowest BCUT2D eigenvalue weighted by atomic mass is 9.81. The maximum Gasteiger partial charge on any atom is 0.231 e. The maximum atomic E-state index is 11.4. The lowest BCUT2D eigenvalue weighted by Gasteiger charge is -2.35. The minimum atomic E-state index is -3.12. The van der Waals surface area contributed by atoms with E-state index in [1.807, 2.05) is 0 Å². The predicted molar refractivity (Wildman–Crippen MR) is 47.6 cm³/mol. The summed E-state index contributed by atoms with van der Waals surface area (Å²) in [5.41, 5.74) is -0.0766. The van der Waals surface area contributed by atoms with Crippen LogP contribution in [0, 0.1) is 0 Å². The van der Waals surface area contributed by atoms with E-state index in [4.69, 9.17) is 10.2 Å². The molecule has 0 aromatic heterocycles. The zero-order chi connectivity index (χ0) is 12.0. The molecule has 0 amide bonds. The third-order valence-electron chi connectivity index (χ3n) is 2.29. The molecule has 1 rings (SSSR count). The van der Waals surface area contributed by atoms with Crippen LogP contribution in [-0.4, -0.2) is 50.0 Å². The Labute approximate surface area is 85.5 Å². The minimum absolute atomic E-state index is 0.304. The zero-order valence-electron chi connectivity index (χ0n) is 8.26. The highest BCUT2D eigenvalue weighted by Gasteiger charge is 2.55. The molecule has 6 nitrogen and oxygen atoms in total. The summed E-state index contributed by atoms with van der Waals surface area (Å²) in [6.07, 6.45) is -4.43. The van der Waals surface area contributed by atoms with Crippen molar-refractivity contribution < 1.29 is 30.0 Å². The molecule has 1 fully saturated rings. The fraction of sp³-hybridized carbons (Fsp3) is 0.556. The summed E-state index contributed by atoms with van der Waals surface area (Å²) in [5, 5.41) is 36.7. The molecule has 0 aliphatic heterocycles. The van der Waals surface area contributed by atoms with Gasteiger partial charge in [-0.25, -0.2) is 0 Å². The first-order valence-electron chi connectivity index (χ1n) is 4.28. The van der Waals surface area contributed by atoms with Gasteiger partial charge in [-0.15, -0.1) is 0 Å². The number of ketones is 2. The van der Waals surface area contributed by atoms with E-state index < -0.39 is 29.6 Å². The fourth-order valence-corrected chi connectivity index (χ4v) is 1.42. The SMILES string of the molecule is CC(C)=C1C(=O)C(O)C(O)(O)C(O)C1=O. The molecule has 0 spiro atoms. The van der Waals surface area contributed by atoms with Crippen molar-refractivity contribution >= 4 is 11.6 Å². The highest BCUT2D eigenvalue weighted by molar-refractivity contribution is 6.26. The summed E-state index contributed by atoms with van der Waals surface area (Å²) in [6.45, 7) is 2.90. The smallest absolute Gasteiger partial charge is 0.231 e. The maximum absolute atomic E-state index is 11.4. The Morgan fingerprint density at radius 2 is 1.40 bits per heavy atom. The van der Waals surface area contributed by atoms with E-state index in [1.165, 1.54) is 13.8 Å². The topological polar surface area (TPSA) is 115 Å². The second kappa shape index (κ2) is 3.49. The van der Waals surface area contributed by atoms with Crippen LogP contribution in [0.1, 0.15) is 13.8 Å². The van der Waals surface area contributed by atoms with Crippen LogP contribution in [0.3, 0.4) is 0 Å². The number of rotatable bonds is 0. The largest absolute Gasteiger partial charge is 0.379 e. The lowest BCUT2D eigenvalue weighted by molar-refractivity contribution is -0.264. The lowest BCUT2D eigenvalue weighted by Crippen LogP contribution is -2.63. The summed E-state index contributed by atoms with van der Waals surface area (Å²) in [5.74, 6) is -5.29. The van der Waals surface area contributed by atoms with Gasteiger partial charge >= 0.3 is 0 Å². The first-order valence-corrected chi connectivity index (χ1v) is 4.28. The van der Waals surface area contributed by atoms with Crippen LogP contribution < -0.4 is 0 Å². The average Bonchev–Trinajstić information content (AvgIpc) is 2.12. The Hall–Kier alpha value is -1.08. The van der Waals surface area contributed by atoms with Gasteiger partial charge in [-0.1, -0.05) is 5.57 Å². The molecule has 0 aromatic carbocycles. The van der Waals surface area contributed by atoms with Crippen molar-refractivity contribution in [2.75, 3.05) is 0 Å². The number of Topliss-reactive ketones (excluding diaryl/α,β-unsaturated/α-hetero) is 2. The number of hydrogen-bond acceptors (Lipinski definition) is 6. The van der Waals surface area contributed by atoms with Gasteiger partial charge in [0.2, 0.25) is 17.4 Å². The van der Waals surface area contributed by atoms with Gasteiger partial charge in [-0.3, -0.25) is 9.59 Å². The highest BCUT2D eigenvalue weighted by Crippen LogP contribution is 2.27. The van der Waals surface area contributed by atoms with E-state index in [9.17, 15) is 19.8 Å². The molecule has 2 unspecified atom stereocenters. The van der Waals surface area contributed by atoms with Crippen LogP contribution in [0.4, 0.5) is 0 Å². The number of aliphatic hydroxyl groups is 4. The van der Waals surface area contributed by atoms with Crippen molar-refractivity contribution in [3.63, 3.8) is 0 Å². The molecule has 0 saturated heterocycles. The van der Waals surface area contributed by atoms with E-state index in [-0.39, 0.29) is 5.57 Å². The van der Waals surface area contributed by atoms with Crippen molar-refractivity contribution in [3.8, 4) is 0 Å². The van der Waals surface area contributed by atoms with Crippen LogP contribution in [0.5, 0.6) is 0 Å². The zero-order valence-corrected chi connectivity index (χ0v) is 8.26. The van der Waals surface area contributed by atoms with Gasteiger partial charge in [0.15, 0.2) is 12.2 Å². The Balaban J connectivity index is 3.30. The third-order valence-corrected chi connectivity index (χ3v) is 2.29. The molecule has 6 heteroatoms. The predicted octanol–water partition coefficient (Wildman–Crippen LogP) is -2.12. The Morgan fingerprint density at radius 1 is 1.07 bits per heavy atom. The number of carbonyl (C=O) groups is 2. The molecule has 0 radical (unpaired) electrons. The second-order valence-corrected chi connectivity index (χ2v) is 3.69. The Morgan fingerprint density at radius 3 is 1.67 bits per heavy atom. The van der Waals surface area contributed by atoms with Crippen molar-refractivity contribution in [1.29, 1.82) is 0 Å². The molecule has 84 valence electrons. The standard InChI is InChI=1S/C9H12O6/c1-3(2)4-5(10)7(12)9(14,15)8(13)6(4)11/h7-8,12-15H,1-2H3. The Bertz CT molecular complexity index is 324. The van der Waals surface area contributed by atoms with E-state index in [0.29, 0.717) is 5.57 Å². The van der Waals surface area contributed by atoms with Crippen molar-refractivity contribution in [1.82, 2.24) is 0 Å². The van der Waals surface area contributed by atoms with Crippen LogP contribution in [0.15, 0.2) is 11.1 Å². The third kappa shape index (κ3) is 1.61. The molecule has 0 bridgehead atoms. The number of allylic oxidation sites excluding steroid dienone is 1. The van der Waals surface area contributed by atoms with Gasteiger partial charge in [-0.05, 0) is 13.8 Å². The molecule has 0 heterocycles. The summed E-state index contributed by atoms with van der Waals surface area (Å²) in [4.78, 5) is 22.8. The molecule has 1 aliphatic carbocycles. The Kier molecular flexibility index (Phi) is 2.79. The molecular formula is C9H12O6. The van der Waals surface area contributed by atoms with Crippen LogP contribution >= 0.6 is 0 Å². The summed E-state index contributed by atoms with van der Waals surface area (Å²) >= 11 is 0. The first-order chi connectivity index (χ1) is 6.71. The number of aliphatic hydroxyl groups excluding tert-OH is 2. The number of hydrogen-bond donors (Lipinski definition) is 4. The molecule has 1 aliphatic rings. The highest BCUT2D eigenvalue weighted by atomic mass is 16.5.